The summed E-state index contributed by atoms with van der Waals surface area (Å²) in [6.45, 7) is 2.07. The van der Waals surface area contributed by atoms with Crippen LogP contribution in [0.25, 0.3) is 0 Å². The van der Waals surface area contributed by atoms with Crippen LogP contribution in [-0.4, -0.2) is 27.6 Å². The van der Waals surface area contributed by atoms with E-state index in [0.717, 1.165) is 20.1 Å². The average Bonchev–Trinajstić information content (AvgIpc) is 2.87. The zero-order valence-electron chi connectivity index (χ0n) is 10.6. The molecule has 0 spiro atoms. The van der Waals surface area contributed by atoms with E-state index in [9.17, 15) is 4.79 Å². The first-order chi connectivity index (χ1) is 9.67. The Kier molecular flexibility index (Phi) is 6.15. The van der Waals surface area contributed by atoms with Gasteiger partial charge in [0.25, 0.3) is 0 Å². The molecule has 1 aromatic heterocycles. The smallest absolute Gasteiger partial charge is 0.234 e. The predicted molar refractivity (Wildman–Crippen MR) is 87.1 cm³/mol. The number of rotatable bonds is 6. The fourth-order valence-electron chi connectivity index (χ4n) is 1.29. The molecule has 0 atom stereocenters. The van der Waals surface area contributed by atoms with Gasteiger partial charge >= 0.3 is 0 Å². The summed E-state index contributed by atoms with van der Waals surface area (Å²) in [5, 5.41) is 11.5. The van der Waals surface area contributed by atoms with Gasteiger partial charge in [-0.05, 0) is 30.0 Å². The van der Waals surface area contributed by atoms with E-state index in [2.05, 4.69) is 22.4 Å². The Morgan fingerprint density at radius 3 is 2.55 bits per heavy atom. The molecule has 4 nitrogen and oxygen atoms in total. The van der Waals surface area contributed by atoms with Gasteiger partial charge in [0.15, 0.2) is 8.68 Å². The van der Waals surface area contributed by atoms with Gasteiger partial charge in [0.1, 0.15) is 0 Å². The molecular formula is C12H12ClN3OS3. The number of amides is 1. The lowest BCUT2D eigenvalue weighted by Gasteiger charge is -2.03. The molecule has 106 valence electrons. The molecule has 2 rings (SSSR count). The lowest BCUT2D eigenvalue weighted by molar-refractivity contribution is -0.113. The third-order valence-electron chi connectivity index (χ3n) is 2.11. The van der Waals surface area contributed by atoms with Gasteiger partial charge in [0.05, 0.1) is 5.75 Å². The van der Waals surface area contributed by atoms with Crippen molar-refractivity contribution in [2.24, 2.45) is 0 Å². The molecule has 0 aliphatic carbocycles. The standard InChI is InChI=1S/C12H12ClN3OS3/c1-2-18-11-15-16-12(20-11)19-7-10(17)14-9-5-3-8(13)4-6-9/h3-6H,2,7H2,1H3,(H,14,17). The van der Waals surface area contributed by atoms with Crippen LogP contribution >= 0.6 is 46.5 Å². The summed E-state index contributed by atoms with van der Waals surface area (Å²) >= 11 is 10.3. The third-order valence-corrected chi connectivity index (χ3v) is 5.43. The minimum Gasteiger partial charge on any atom is -0.325 e. The van der Waals surface area contributed by atoms with Crippen LogP contribution in [0.5, 0.6) is 0 Å². The number of carbonyl (C=O) groups is 1. The molecule has 0 fully saturated rings. The molecule has 8 heteroatoms. The van der Waals surface area contributed by atoms with Crippen molar-refractivity contribution in [2.45, 2.75) is 15.6 Å². The largest absolute Gasteiger partial charge is 0.325 e. The SMILES string of the molecule is CCSc1nnc(SCC(=O)Nc2ccc(Cl)cc2)s1. The van der Waals surface area contributed by atoms with Crippen molar-refractivity contribution in [3.63, 3.8) is 0 Å². The van der Waals surface area contributed by atoms with E-state index in [1.54, 1.807) is 36.0 Å². The van der Waals surface area contributed by atoms with E-state index in [0.29, 0.717) is 10.8 Å². The highest BCUT2D eigenvalue weighted by Crippen LogP contribution is 2.28. The van der Waals surface area contributed by atoms with Gasteiger partial charge < -0.3 is 5.32 Å². The van der Waals surface area contributed by atoms with E-state index >= 15 is 0 Å². The van der Waals surface area contributed by atoms with Crippen LogP contribution in [0, 0.1) is 0 Å². The van der Waals surface area contributed by atoms with Crippen LogP contribution in [0.15, 0.2) is 32.9 Å². The Labute approximate surface area is 134 Å². The summed E-state index contributed by atoms with van der Waals surface area (Å²) in [7, 11) is 0. The number of nitrogens with one attached hydrogen (secondary N) is 1. The molecule has 1 N–H and O–H groups in total. The second-order valence-electron chi connectivity index (χ2n) is 3.61. The van der Waals surface area contributed by atoms with Crippen molar-refractivity contribution in [1.82, 2.24) is 10.2 Å². The van der Waals surface area contributed by atoms with Crippen molar-refractivity contribution in [3.8, 4) is 0 Å². The van der Waals surface area contributed by atoms with Crippen molar-refractivity contribution in [3.05, 3.63) is 29.3 Å². The summed E-state index contributed by atoms with van der Waals surface area (Å²) in [5.41, 5.74) is 0.736. The maximum atomic E-state index is 11.8. The molecule has 1 amide bonds. The normalized spacial score (nSPS) is 10.5. The predicted octanol–water partition coefficient (Wildman–Crippen LogP) is 4.03. The van der Waals surface area contributed by atoms with Crippen LogP contribution in [0.2, 0.25) is 5.02 Å². The van der Waals surface area contributed by atoms with E-state index in [1.165, 1.54) is 23.1 Å². The van der Waals surface area contributed by atoms with Gasteiger partial charge in [0.2, 0.25) is 5.91 Å². The number of halogens is 1. The number of hydrogen-bond acceptors (Lipinski definition) is 6. The Balaban J connectivity index is 1.80. The summed E-state index contributed by atoms with van der Waals surface area (Å²) in [5.74, 6) is 1.21. The van der Waals surface area contributed by atoms with E-state index in [4.69, 9.17) is 11.6 Å². The Hall–Kier alpha value is -0.760. The molecule has 0 unspecified atom stereocenters. The molecule has 1 aromatic carbocycles. The first kappa shape index (κ1) is 15.6. The maximum absolute atomic E-state index is 11.8. The van der Waals surface area contributed by atoms with Gasteiger partial charge in [0, 0.05) is 10.7 Å². The number of anilines is 1. The maximum Gasteiger partial charge on any atom is 0.234 e. The quantitative estimate of drug-likeness (QED) is 0.801. The Morgan fingerprint density at radius 1 is 1.25 bits per heavy atom. The molecule has 0 saturated carbocycles. The van der Waals surface area contributed by atoms with Crippen LogP contribution in [0.4, 0.5) is 5.69 Å². The average molecular weight is 346 g/mol. The number of hydrogen-bond donors (Lipinski definition) is 1. The summed E-state index contributed by atoms with van der Waals surface area (Å²) in [4.78, 5) is 11.8. The van der Waals surface area contributed by atoms with Gasteiger partial charge in [-0.25, -0.2) is 0 Å². The van der Waals surface area contributed by atoms with E-state index < -0.39 is 0 Å². The van der Waals surface area contributed by atoms with E-state index in [1.807, 2.05) is 0 Å². The Morgan fingerprint density at radius 2 is 1.90 bits per heavy atom. The van der Waals surface area contributed by atoms with Crippen molar-refractivity contribution in [1.29, 1.82) is 0 Å². The summed E-state index contributed by atoms with van der Waals surface area (Å²) in [6, 6.07) is 7.02. The fraction of sp³-hybridized carbons (Fsp3) is 0.250. The van der Waals surface area contributed by atoms with E-state index in [-0.39, 0.29) is 5.91 Å². The first-order valence-corrected chi connectivity index (χ1v) is 8.98. The highest BCUT2D eigenvalue weighted by atomic mass is 35.5. The van der Waals surface area contributed by atoms with Gasteiger partial charge in [-0.1, -0.05) is 53.4 Å². The number of carbonyl (C=O) groups excluding carboxylic acids is 1. The lowest BCUT2D eigenvalue weighted by atomic mass is 10.3. The van der Waals surface area contributed by atoms with Gasteiger partial charge in [-0.2, -0.15) is 0 Å². The summed E-state index contributed by atoms with van der Waals surface area (Å²) in [6.07, 6.45) is 0. The number of nitrogens with zero attached hydrogens (tertiary/aromatic N) is 2. The summed E-state index contributed by atoms with van der Waals surface area (Å²) < 4.78 is 1.75. The number of thioether (sulfide) groups is 2. The molecule has 0 aliphatic rings. The second kappa shape index (κ2) is 7.87. The molecule has 20 heavy (non-hydrogen) atoms. The molecule has 0 aliphatic heterocycles. The van der Waals surface area contributed by atoms with Crippen LogP contribution in [0.3, 0.4) is 0 Å². The van der Waals surface area contributed by atoms with Crippen LogP contribution in [-0.2, 0) is 4.79 Å². The first-order valence-electron chi connectivity index (χ1n) is 5.82. The highest BCUT2D eigenvalue weighted by Gasteiger charge is 2.08. The second-order valence-corrected chi connectivity index (χ2v) is 7.76. The number of aromatic nitrogens is 2. The topological polar surface area (TPSA) is 54.9 Å². The zero-order chi connectivity index (χ0) is 14.4. The molecular weight excluding hydrogens is 334 g/mol. The highest BCUT2D eigenvalue weighted by molar-refractivity contribution is 8.03. The Bertz CT molecular complexity index is 574. The fourth-order valence-corrected chi connectivity index (χ4v) is 4.14. The molecule has 0 radical (unpaired) electrons. The molecule has 2 aromatic rings. The number of benzene rings is 1. The van der Waals surface area contributed by atoms with Gasteiger partial charge in [-0.3, -0.25) is 4.79 Å². The lowest BCUT2D eigenvalue weighted by Crippen LogP contribution is -2.13. The molecule has 0 bridgehead atoms. The van der Waals surface area contributed by atoms with Crippen LogP contribution in [0.1, 0.15) is 6.92 Å². The van der Waals surface area contributed by atoms with Crippen molar-refractivity contribution < 1.29 is 4.79 Å². The van der Waals surface area contributed by atoms with Gasteiger partial charge in [-0.15, -0.1) is 10.2 Å². The van der Waals surface area contributed by atoms with Crippen LogP contribution < -0.4 is 5.32 Å². The minimum atomic E-state index is -0.0720. The minimum absolute atomic E-state index is 0.0720. The van der Waals surface area contributed by atoms with Crippen molar-refractivity contribution in [2.75, 3.05) is 16.8 Å². The van der Waals surface area contributed by atoms with Crippen molar-refractivity contribution >= 4 is 58.1 Å². The molecule has 0 saturated heterocycles. The monoisotopic (exact) mass is 345 g/mol. The molecule has 1 heterocycles. The third kappa shape index (κ3) is 4.97. The zero-order valence-corrected chi connectivity index (χ0v) is 13.8.